The van der Waals surface area contributed by atoms with Crippen LogP contribution in [0.25, 0.3) is 10.9 Å². The van der Waals surface area contributed by atoms with Crippen LogP contribution in [0.5, 0.6) is 0 Å². The molecule has 2 rings (SSSR count). The summed E-state index contributed by atoms with van der Waals surface area (Å²) in [6, 6.07) is 7.58. The van der Waals surface area contributed by atoms with Crippen molar-refractivity contribution >= 4 is 33.9 Å². The molecular formula is C14H16ClN3. The maximum atomic E-state index is 5.95. The van der Waals surface area contributed by atoms with Crippen LogP contribution < -0.4 is 5.43 Å². The summed E-state index contributed by atoms with van der Waals surface area (Å²) >= 11 is 5.95. The van der Waals surface area contributed by atoms with Crippen molar-refractivity contribution in [2.75, 3.05) is 5.43 Å². The number of nitrogens with one attached hydrogen (secondary N) is 1. The highest BCUT2D eigenvalue weighted by molar-refractivity contribution is 6.31. The monoisotopic (exact) mass is 261 g/mol. The van der Waals surface area contributed by atoms with Gasteiger partial charge in [0.05, 0.1) is 11.2 Å². The molecule has 94 valence electrons. The van der Waals surface area contributed by atoms with E-state index < -0.39 is 0 Å². The van der Waals surface area contributed by atoms with Gasteiger partial charge in [0.15, 0.2) is 0 Å². The summed E-state index contributed by atoms with van der Waals surface area (Å²) in [4.78, 5) is 4.29. The predicted molar refractivity (Wildman–Crippen MR) is 78.4 cm³/mol. The van der Waals surface area contributed by atoms with Crippen molar-refractivity contribution in [3.05, 3.63) is 35.5 Å². The zero-order valence-corrected chi connectivity index (χ0v) is 11.3. The third-order valence-electron chi connectivity index (χ3n) is 2.68. The molecule has 0 radical (unpaired) electrons. The van der Waals surface area contributed by atoms with Crippen LogP contribution in [0.2, 0.25) is 5.02 Å². The minimum absolute atomic E-state index is 0.692. The van der Waals surface area contributed by atoms with Crippen LogP contribution in [0.1, 0.15) is 26.7 Å². The molecule has 0 aliphatic carbocycles. The second-order valence-electron chi connectivity index (χ2n) is 4.23. The molecule has 0 fully saturated rings. The van der Waals surface area contributed by atoms with E-state index in [1.54, 1.807) is 6.20 Å². The van der Waals surface area contributed by atoms with E-state index in [1.165, 1.54) is 0 Å². The van der Waals surface area contributed by atoms with Crippen molar-refractivity contribution in [2.45, 2.75) is 26.7 Å². The smallest absolute Gasteiger partial charge is 0.0738 e. The van der Waals surface area contributed by atoms with Crippen molar-refractivity contribution in [2.24, 2.45) is 5.10 Å². The van der Waals surface area contributed by atoms with Gasteiger partial charge in [0.25, 0.3) is 0 Å². The van der Waals surface area contributed by atoms with Gasteiger partial charge in [-0.1, -0.05) is 24.9 Å². The van der Waals surface area contributed by atoms with Crippen LogP contribution in [0.4, 0.5) is 5.69 Å². The van der Waals surface area contributed by atoms with Gasteiger partial charge in [-0.25, -0.2) is 0 Å². The Balaban J connectivity index is 2.31. The number of hydrogen-bond acceptors (Lipinski definition) is 3. The summed E-state index contributed by atoms with van der Waals surface area (Å²) in [6.07, 6.45) is 3.86. The van der Waals surface area contributed by atoms with Gasteiger partial charge in [0.2, 0.25) is 0 Å². The lowest BCUT2D eigenvalue weighted by molar-refractivity contribution is 0.983. The summed E-state index contributed by atoms with van der Waals surface area (Å²) < 4.78 is 0. The first-order chi connectivity index (χ1) is 8.70. The first-order valence-electron chi connectivity index (χ1n) is 6.04. The van der Waals surface area contributed by atoms with Gasteiger partial charge in [-0.3, -0.25) is 10.4 Å². The number of benzene rings is 1. The number of pyridine rings is 1. The number of fused-ring (bicyclic) bond motifs is 1. The number of nitrogens with zero attached hydrogens (tertiary/aromatic N) is 2. The average molecular weight is 262 g/mol. The third-order valence-corrected chi connectivity index (χ3v) is 2.92. The lowest BCUT2D eigenvalue weighted by Gasteiger charge is -2.06. The van der Waals surface area contributed by atoms with E-state index in [-0.39, 0.29) is 0 Å². The molecular weight excluding hydrogens is 246 g/mol. The predicted octanol–water partition coefficient (Wildman–Crippen LogP) is 4.48. The van der Waals surface area contributed by atoms with Gasteiger partial charge >= 0.3 is 0 Å². The number of rotatable bonds is 4. The fourth-order valence-corrected chi connectivity index (χ4v) is 1.96. The minimum Gasteiger partial charge on any atom is -0.278 e. The molecule has 0 unspecified atom stereocenters. The maximum Gasteiger partial charge on any atom is 0.0738 e. The quantitative estimate of drug-likeness (QED) is 0.651. The Morgan fingerprint density at radius 2 is 2.22 bits per heavy atom. The first-order valence-corrected chi connectivity index (χ1v) is 6.42. The Morgan fingerprint density at radius 1 is 1.39 bits per heavy atom. The van der Waals surface area contributed by atoms with E-state index in [9.17, 15) is 0 Å². The zero-order valence-electron chi connectivity index (χ0n) is 10.6. The SMILES string of the molecule is CCC/C(C)=N\Nc1ccnc2cc(Cl)ccc12. The van der Waals surface area contributed by atoms with Gasteiger partial charge in [-0.15, -0.1) is 0 Å². The molecule has 1 N–H and O–H groups in total. The van der Waals surface area contributed by atoms with E-state index in [0.29, 0.717) is 5.02 Å². The Hall–Kier alpha value is -1.61. The highest BCUT2D eigenvalue weighted by atomic mass is 35.5. The lowest BCUT2D eigenvalue weighted by atomic mass is 10.2. The van der Waals surface area contributed by atoms with Crippen LogP contribution in [-0.2, 0) is 0 Å². The molecule has 1 heterocycles. The molecule has 0 aliphatic rings. The van der Waals surface area contributed by atoms with Gasteiger partial charge < -0.3 is 0 Å². The van der Waals surface area contributed by atoms with E-state index in [0.717, 1.165) is 35.1 Å². The number of halogens is 1. The Labute approximate surface area is 112 Å². The van der Waals surface area contributed by atoms with Crippen LogP contribution in [0.3, 0.4) is 0 Å². The van der Waals surface area contributed by atoms with Crippen molar-refractivity contribution in [1.29, 1.82) is 0 Å². The van der Waals surface area contributed by atoms with Gasteiger partial charge in [0, 0.05) is 22.3 Å². The fraction of sp³-hybridized carbons (Fsp3) is 0.286. The standard InChI is InChI=1S/C14H16ClN3/c1-3-4-10(2)17-18-13-7-8-16-14-9-11(15)5-6-12(13)14/h5-9H,3-4H2,1-2H3,(H,16,18)/b17-10-. The van der Waals surface area contributed by atoms with Crippen molar-refractivity contribution in [3.63, 3.8) is 0 Å². The molecule has 0 atom stereocenters. The van der Waals surface area contributed by atoms with E-state index in [1.807, 2.05) is 31.2 Å². The Morgan fingerprint density at radius 3 is 3.00 bits per heavy atom. The average Bonchev–Trinajstić information content (AvgIpc) is 2.36. The molecule has 0 spiro atoms. The number of hydrogen-bond donors (Lipinski definition) is 1. The molecule has 4 heteroatoms. The number of aromatic nitrogens is 1. The van der Waals surface area contributed by atoms with Crippen molar-refractivity contribution in [1.82, 2.24) is 4.98 Å². The molecule has 0 saturated carbocycles. The van der Waals surface area contributed by atoms with Crippen molar-refractivity contribution < 1.29 is 0 Å². The summed E-state index contributed by atoms with van der Waals surface area (Å²) in [5.41, 5.74) is 6.01. The zero-order chi connectivity index (χ0) is 13.0. The maximum absolute atomic E-state index is 5.95. The highest BCUT2D eigenvalue weighted by Crippen LogP contribution is 2.24. The van der Waals surface area contributed by atoms with Gasteiger partial charge in [-0.2, -0.15) is 5.10 Å². The topological polar surface area (TPSA) is 37.3 Å². The van der Waals surface area contributed by atoms with Crippen LogP contribution in [-0.4, -0.2) is 10.7 Å². The number of anilines is 1. The largest absolute Gasteiger partial charge is 0.278 e. The summed E-state index contributed by atoms with van der Waals surface area (Å²) in [7, 11) is 0. The molecule has 1 aromatic heterocycles. The molecule has 3 nitrogen and oxygen atoms in total. The summed E-state index contributed by atoms with van der Waals surface area (Å²) in [5, 5.41) is 6.08. The second-order valence-corrected chi connectivity index (χ2v) is 4.67. The molecule has 0 saturated heterocycles. The van der Waals surface area contributed by atoms with Crippen LogP contribution in [0.15, 0.2) is 35.6 Å². The first kappa shape index (κ1) is 12.8. The van der Waals surface area contributed by atoms with Crippen molar-refractivity contribution in [3.8, 4) is 0 Å². The molecule has 0 aliphatic heterocycles. The van der Waals surface area contributed by atoms with E-state index in [2.05, 4.69) is 22.4 Å². The summed E-state index contributed by atoms with van der Waals surface area (Å²) in [6.45, 7) is 4.17. The van der Waals surface area contributed by atoms with Gasteiger partial charge in [0.1, 0.15) is 0 Å². The lowest BCUT2D eigenvalue weighted by Crippen LogP contribution is -1.97. The molecule has 1 aromatic carbocycles. The molecule has 2 aromatic rings. The van der Waals surface area contributed by atoms with E-state index in [4.69, 9.17) is 11.6 Å². The molecule has 0 amide bonds. The minimum atomic E-state index is 0.692. The molecule has 18 heavy (non-hydrogen) atoms. The number of hydrazone groups is 1. The third kappa shape index (κ3) is 2.99. The van der Waals surface area contributed by atoms with E-state index >= 15 is 0 Å². The highest BCUT2D eigenvalue weighted by Gasteiger charge is 2.01. The second kappa shape index (κ2) is 5.83. The fourth-order valence-electron chi connectivity index (χ4n) is 1.79. The normalized spacial score (nSPS) is 11.8. The van der Waals surface area contributed by atoms with Gasteiger partial charge in [-0.05, 0) is 37.6 Å². The Bertz CT molecular complexity index is 578. The summed E-state index contributed by atoms with van der Waals surface area (Å²) in [5.74, 6) is 0. The van der Waals surface area contributed by atoms with Crippen LogP contribution >= 0.6 is 11.6 Å². The Kier molecular flexibility index (Phi) is 4.15. The molecule has 0 bridgehead atoms. The van der Waals surface area contributed by atoms with Crippen LogP contribution in [0, 0.1) is 0 Å².